The second-order valence-corrected chi connectivity index (χ2v) is 4.15. The van der Waals surface area contributed by atoms with Gasteiger partial charge in [-0.15, -0.1) is 0 Å². The molecule has 0 bridgehead atoms. The maximum absolute atomic E-state index is 8.75. The second kappa shape index (κ2) is 6.46. The van der Waals surface area contributed by atoms with Gasteiger partial charge in [-0.25, -0.2) is 0 Å². The molecule has 90 valence electrons. The van der Waals surface area contributed by atoms with Crippen LogP contribution in [-0.4, -0.2) is 6.54 Å². The van der Waals surface area contributed by atoms with Gasteiger partial charge in [0, 0.05) is 18.8 Å². The van der Waals surface area contributed by atoms with Crippen LogP contribution in [0.5, 0.6) is 0 Å². The molecule has 2 rings (SSSR count). The smallest absolute Gasteiger partial charge is 0.0640 e. The Kier molecular flexibility index (Phi) is 4.38. The summed E-state index contributed by atoms with van der Waals surface area (Å²) < 4.78 is 0. The van der Waals surface area contributed by atoms with Crippen LogP contribution in [0.2, 0.25) is 0 Å². The number of nitrogens with zero attached hydrogens (tertiary/aromatic N) is 2. The van der Waals surface area contributed by atoms with Crippen molar-refractivity contribution in [2.45, 2.75) is 13.0 Å². The van der Waals surface area contributed by atoms with Gasteiger partial charge in [-0.1, -0.05) is 48.5 Å². The number of rotatable bonds is 5. The minimum absolute atomic E-state index is 0.543. The van der Waals surface area contributed by atoms with Gasteiger partial charge in [-0.3, -0.25) is 0 Å². The average Bonchev–Trinajstić information content (AvgIpc) is 2.45. The van der Waals surface area contributed by atoms with Crippen LogP contribution in [0.3, 0.4) is 0 Å². The van der Waals surface area contributed by atoms with Gasteiger partial charge in [0.05, 0.1) is 12.5 Å². The highest BCUT2D eigenvalue weighted by molar-refractivity contribution is 5.46. The largest absolute Gasteiger partial charge is 0.366 e. The molecule has 0 aliphatic rings. The van der Waals surface area contributed by atoms with E-state index in [-0.39, 0.29) is 0 Å². The first-order chi connectivity index (χ1) is 8.90. The predicted octanol–water partition coefficient (Wildman–Crippen LogP) is 3.61. The van der Waals surface area contributed by atoms with Crippen molar-refractivity contribution in [3.63, 3.8) is 0 Å². The molecule has 0 atom stereocenters. The van der Waals surface area contributed by atoms with E-state index in [1.807, 2.05) is 36.4 Å². The maximum atomic E-state index is 8.75. The van der Waals surface area contributed by atoms with Gasteiger partial charge in [0.2, 0.25) is 0 Å². The molecule has 2 heteroatoms. The standard InChI is InChI=1S/C16H16N2/c17-12-7-13-18(16-10-5-2-6-11-16)14-15-8-3-1-4-9-15/h1-6,8-11H,7,13-14H2. The molecular weight excluding hydrogens is 220 g/mol. The van der Waals surface area contributed by atoms with E-state index in [0.29, 0.717) is 6.42 Å². The Labute approximate surface area is 108 Å². The molecule has 0 aliphatic heterocycles. The molecule has 0 unspecified atom stereocenters. The van der Waals surface area contributed by atoms with Crippen LogP contribution in [-0.2, 0) is 6.54 Å². The van der Waals surface area contributed by atoms with E-state index in [1.54, 1.807) is 0 Å². The third kappa shape index (κ3) is 3.36. The van der Waals surface area contributed by atoms with Crippen LogP contribution >= 0.6 is 0 Å². The number of nitriles is 1. The van der Waals surface area contributed by atoms with Crippen LogP contribution in [0.1, 0.15) is 12.0 Å². The molecule has 2 aromatic rings. The lowest BCUT2D eigenvalue weighted by Crippen LogP contribution is -2.23. The van der Waals surface area contributed by atoms with E-state index in [1.165, 1.54) is 5.56 Å². The Bertz CT molecular complexity index is 500. The number of hydrogen-bond donors (Lipinski definition) is 0. The van der Waals surface area contributed by atoms with Gasteiger partial charge < -0.3 is 4.90 Å². The number of benzene rings is 2. The van der Waals surface area contributed by atoms with E-state index in [0.717, 1.165) is 18.8 Å². The van der Waals surface area contributed by atoms with Gasteiger partial charge >= 0.3 is 0 Å². The summed E-state index contributed by atoms with van der Waals surface area (Å²) in [6.45, 7) is 1.60. The van der Waals surface area contributed by atoms with Gasteiger partial charge in [-0.2, -0.15) is 5.26 Å². The molecule has 0 aliphatic carbocycles. The fourth-order valence-electron chi connectivity index (χ4n) is 1.93. The van der Waals surface area contributed by atoms with Crippen LogP contribution in [0.25, 0.3) is 0 Å². The highest BCUT2D eigenvalue weighted by atomic mass is 15.1. The highest BCUT2D eigenvalue weighted by Crippen LogP contribution is 2.16. The summed E-state index contributed by atoms with van der Waals surface area (Å²) in [6.07, 6.45) is 0.543. The van der Waals surface area contributed by atoms with Crippen molar-refractivity contribution in [1.82, 2.24) is 0 Å². The predicted molar refractivity (Wildman–Crippen MR) is 74.2 cm³/mol. The average molecular weight is 236 g/mol. The van der Waals surface area contributed by atoms with Crippen molar-refractivity contribution in [1.29, 1.82) is 5.26 Å². The molecule has 0 heterocycles. The summed E-state index contributed by atoms with van der Waals surface area (Å²) in [7, 11) is 0. The molecule has 0 amide bonds. The van der Waals surface area contributed by atoms with Crippen LogP contribution in [0.15, 0.2) is 60.7 Å². The summed E-state index contributed by atoms with van der Waals surface area (Å²) in [5.41, 5.74) is 2.43. The zero-order valence-corrected chi connectivity index (χ0v) is 10.3. The van der Waals surface area contributed by atoms with E-state index in [2.05, 4.69) is 35.2 Å². The summed E-state index contributed by atoms with van der Waals surface area (Å²) in [5, 5.41) is 8.75. The molecule has 2 aromatic carbocycles. The minimum Gasteiger partial charge on any atom is -0.366 e. The maximum Gasteiger partial charge on any atom is 0.0640 e. The number of para-hydroxylation sites is 1. The molecule has 2 nitrogen and oxygen atoms in total. The molecule has 0 spiro atoms. The summed E-state index contributed by atoms with van der Waals surface area (Å²) in [6, 6.07) is 22.8. The SMILES string of the molecule is N#CCCN(Cc1ccccc1)c1ccccc1. The topological polar surface area (TPSA) is 27.0 Å². The van der Waals surface area contributed by atoms with E-state index in [4.69, 9.17) is 5.26 Å². The summed E-state index contributed by atoms with van der Waals surface area (Å²) in [5.74, 6) is 0. The lowest BCUT2D eigenvalue weighted by molar-refractivity contribution is 0.798. The fourth-order valence-corrected chi connectivity index (χ4v) is 1.93. The monoisotopic (exact) mass is 236 g/mol. The molecule has 0 saturated heterocycles. The molecular formula is C16H16N2. The first-order valence-electron chi connectivity index (χ1n) is 6.11. The van der Waals surface area contributed by atoms with Crippen molar-refractivity contribution < 1.29 is 0 Å². The van der Waals surface area contributed by atoms with Crippen molar-refractivity contribution in [3.05, 3.63) is 66.2 Å². The molecule has 0 N–H and O–H groups in total. The van der Waals surface area contributed by atoms with E-state index < -0.39 is 0 Å². The molecule has 18 heavy (non-hydrogen) atoms. The summed E-state index contributed by atoms with van der Waals surface area (Å²) >= 11 is 0. The molecule has 0 aromatic heterocycles. The molecule has 0 radical (unpaired) electrons. The Morgan fingerprint density at radius 3 is 2.11 bits per heavy atom. The van der Waals surface area contributed by atoms with Crippen LogP contribution < -0.4 is 4.90 Å². The van der Waals surface area contributed by atoms with Gasteiger partial charge in [-0.05, 0) is 17.7 Å². The summed E-state index contributed by atoms with van der Waals surface area (Å²) in [4.78, 5) is 2.23. The van der Waals surface area contributed by atoms with Gasteiger partial charge in [0.15, 0.2) is 0 Å². The third-order valence-corrected chi connectivity index (χ3v) is 2.83. The lowest BCUT2D eigenvalue weighted by Gasteiger charge is -2.23. The van der Waals surface area contributed by atoms with Gasteiger partial charge in [0.25, 0.3) is 0 Å². The van der Waals surface area contributed by atoms with Crippen molar-refractivity contribution >= 4 is 5.69 Å². The van der Waals surface area contributed by atoms with E-state index in [9.17, 15) is 0 Å². The molecule has 0 fully saturated rings. The fraction of sp³-hybridized carbons (Fsp3) is 0.188. The highest BCUT2D eigenvalue weighted by Gasteiger charge is 2.06. The Balaban J connectivity index is 2.14. The van der Waals surface area contributed by atoms with Crippen LogP contribution in [0, 0.1) is 11.3 Å². The third-order valence-electron chi connectivity index (χ3n) is 2.83. The minimum atomic E-state index is 0.543. The van der Waals surface area contributed by atoms with Crippen molar-refractivity contribution in [2.24, 2.45) is 0 Å². The first kappa shape index (κ1) is 12.2. The van der Waals surface area contributed by atoms with Gasteiger partial charge in [0.1, 0.15) is 0 Å². The van der Waals surface area contributed by atoms with E-state index >= 15 is 0 Å². The van der Waals surface area contributed by atoms with Crippen LogP contribution in [0.4, 0.5) is 5.69 Å². The zero-order chi connectivity index (χ0) is 12.6. The zero-order valence-electron chi connectivity index (χ0n) is 10.3. The van der Waals surface area contributed by atoms with Crippen molar-refractivity contribution in [3.8, 4) is 6.07 Å². The molecule has 0 saturated carbocycles. The Morgan fingerprint density at radius 1 is 0.889 bits per heavy atom. The first-order valence-corrected chi connectivity index (χ1v) is 6.11. The lowest BCUT2D eigenvalue weighted by atomic mass is 10.2. The normalized spacial score (nSPS) is 9.72. The Morgan fingerprint density at radius 2 is 1.50 bits per heavy atom. The quantitative estimate of drug-likeness (QED) is 0.793. The number of hydrogen-bond acceptors (Lipinski definition) is 2. The Hall–Kier alpha value is -2.27. The second-order valence-electron chi connectivity index (χ2n) is 4.15. The van der Waals surface area contributed by atoms with Crippen molar-refractivity contribution in [2.75, 3.05) is 11.4 Å². The number of anilines is 1.